The summed E-state index contributed by atoms with van der Waals surface area (Å²) >= 11 is 0. The maximum Gasteiger partial charge on any atom is 0.459 e. The Morgan fingerprint density at radius 3 is 2.74 bits per heavy atom. The fourth-order valence-corrected chi connectivity index (χ4v) is 6.24. The molecule has 224 valence electrons. The van der Waals surface area contributed by atoms with Crippen molar-refractivity contribution in [1.82, 2.24) is 19.7 Å². The molecule has 3 aromatic rings. The van der Waals surface area contributed by atoms with Gasteiger partial charge in [-0.1, -0.05) is 18.2 Å². The third-order valence-corrected chi connectivity index (χ3v) is 8.64. The number of fused-ring (bicyclic) bond motifs is 1. The molecule has 15 nitrogen and oxygen atoms in total. The van der Waals surface area contributed by atoms with Crippen molar-refractivity contribution in [2.75, 3.05) is 25.6 Å². The molecular formula is C26H31N6O9P. The number of nitrogens with zero attached hydrogens (tertiary/aromatic N) is 4. The van der Waals surface area contributed by atoms with E-state index in [2.05, 4.69) is 15.2 Å². The summed E-state index contributed by atoms with van der Waals surface area (Å²) in [6, 6.07) is 11.9. The number of nitrogens with two attached hydrogens (primary N) is 1. The number of aliphatic hydroxyl groups is 2. The summed E-state index contributed by atoms with van der Waals surface area (Å²) in [4.78, 5) is 16.7. The minimum absolute atomic E-state index is 0.145. The quantitative estimate of drug-likeness (QED) is 0.190. The van der Waals surface area contributed by atoms with E-state index >= 15 is 0 Å². The number of esters is 1. The van der Waals surface area contributed by atoms with Gasteiger partial charge in [-0.2, -0.15) is 15.4 Å². The van der Waals surface area contributed by atoms with Crippen LogP contribution >= 0.6 is 7.75 Å². The van der Waals surface area contributed by atoms with Gasteiger partial charge in [0.1, 0.15) is 60.7 Å². The maximum absolute atomic E-state index is 14.0. The predicted molar refractivity (Wildman–Crippen MR) is 145 cm³/mol. The Balaban J connectivity index is 1.35. The number of nitrogen functional groups attached to an aromatic ring is 1. The molecule has 0 radical (unpaired) electrons. The molecular weight excluding hydrogens is 571 g/mol. The molecule has 2 aliphatic rings. The highest BCUT2D eigenvalue weighted by atomic mass is 31.2. The van der Waals surface area contributed by atoms with Gasteiger partial charge in [0.15, 0.2) is 5.82 Å². The van der Waals surface area contributed by atoms with Crippen LogP contribution < -0.4 is 15.3 Å². The van der Waals surface area contributed by atoms with Crippen LogP contribution in [0.1, 0.15) is 31.6 Å². The number of aromatic nitrogens is 3. The van der Waals surface area contributed by atoms with Crippen molar-refractivity contribution in [3.05, 3.63) is 54.5 Å². The van der Waals surface area contributed by atoms with Gasteiger partial charge in [-0.25, -0.2) is 14.1 Å². The first-order valence-corrected chi connectivity index (χ1v) is 14.8. The zero-order valence-electron chi connectivity index (χ0n) is 22.6. The van der Waals surface area contributed by atoms with Crippen LogP contribution in [0.4, 0.5) is 5.82 Å². The van der Waals surface area contributed by atoms with Gasteiger partial charge in [0, 0.05) is 12.8 Å². The Morgan fingerprint density at radius 2 is 2.02 bits per heavy atom. The molecule has 6 atom stereocenters. The highest BCUT2D eigenvalue weighted by molar-refractivity contribution is 7.52. The van der Waals surface area contributed by atoms with Crippen LogP contribution in [0.25, 0.3) is 5.52 Å². The molecule has 0 bridgehead atoms. The Labute approximate surface area is 240 Å². The Morgan fingerprint density at radius 1 is 1.29 bits per heavy atom. The van der Waals surface area contributed by atoms with Gasteiger partial charge in [0.2, 0.25) is 5.60 Å². The molecule has 16 heteroatoms. The number of nitrogens with one attached hydrogen (secondary N) is 1. The third-order valence-electron chi connectivity index (χ3n) is 7.01. The number of carbonyl (C=O) groups excluding carboxylic acids is 1. The van der Waals surface area contributed by atoms with Gasteiger partial charge in [-0.3, -0.25) is 9.32 Å². The lowest BCUT2D eigenvalue weighted by Crippen LogP contribution is -2.46. The topological polar surface area (TPSA) is 213 Å². The maximum atomic E-state index is 14.0. The molecule has 2 aromatic heterocycles. The molecule has 2 fully saturated rings. The number of ether oxygens (including phenoxy) is 3. The first-order chi connectivity index (χ1) is 20.1. The predicted octanol–water partition coefficient (Wildman–Crippen LogP) is 1.27. The summed E-state index contributed by atoms with van der Waals surface area (Å²) in [5.74, 6) is -0.368. The molecule has 4 heterocycles. The zero-order chi connectivity index (χ0) is 29.9. The summed E-state index contributed by atoms with van der Waals surface area (Å²) in [7, 11) is -4.43. The fraction of sp³-hybridized carbons (Fsp3) is 0.462. The lowest BCUT2D eigenvalue weighted by atomic mass is 9.96. The highest BCUT2D eigenvalue weighted by Crippen LogP contribution is 2.48. The monoisotopic (exact) mass is 602 g/mol. The number of para-hydroxylation sites is 1. The lowest BCUT2D eigenvalue weighted by Gasteiger charge is -2.29. The number of aliphatic hydroxyl groups excluding tert-OH is 2. The number of carbonyl (C=O) groups is 1. The van der Waals surface area contributed by atoms with Crippen molar-refractivity contribution >= 4 is 25.1 Å². The number of rotatable bonds is 10. The summed E-state index contributed by atoms with van der Waals surface area (Å²) in [5, 5.41) is 38.6. The van der Waals surface area contributed by atoms with E-state index in [-0.39, 0.29) is 23.4 Å². The largest absolute Gasteiger partial charge is 0.461 e. The SMILES string of the molecule is C[C@H](N[P@](=O)(OC[C@@]1(C#N)O[C@@H](c2ccc3c(N)ncnn23)[C@H](O)[C@@H]1O)Oc1ccccc1)C(=O)OC1CCOCC1. The van der Waals surface area contributed by atoms with E-state index in [1.807, 2.05) is 6.07 Å². The average molecular weight is 603 g/mol. The van der Waals surface area contributed by atoms with Crippen molar-refractivity contribution in [2.45, 2.75) is 55.8 Å². The van der Waals surface area contributed by atoms with E-state index in [0.29, 0.717) is 31.6 Å². The van der Waals surface area contributed by atoms with Gasteiger partial charge < -0.3 is 34.7 Å². The number of benzene rings is 1. The second-order valence-corrected chi connectivity index (χ2v) is 11.6. The summed E-state index contributed by atoms with van der Waals surface area (Å²) in [5.41, 5.74) is 4.42. The number of hydrogen-bond donors (Lipinski definition) is 4. The zero-order valence-corrected chi connectivity index (χ0v) is 23.5. The Hall–Kier alpha value is -3.61. The first-order valence-electron chi connectivity index (χ1n) is 13.2. The first kappa shape index (κ1) is 29.9. The fourth-order valence-electron chi connectivity index (χ4n) is 4.72. The molecule has 0 aliphatic carbocycles. The normalized spacial score (nSPS) is 26.8. The number of anilines is 1. The van der Waals surface area contributed by atoms with Crippen LogP contribution in [-0.4, -0.2) is 80.6 Å². The van der Waals surface area contributed by atoms with E-state index in [1.54, 1.807) is 30.3 Å². The number of nitriles is 1. The van der Waals surface area contributed by atoms with Crippen LogP contribution in [0.2, 0.25) is 0 Å². The molecule has 1 aromatic carbocycles. The third kappa shape index (κ3) is 6.11. The minimum atomic E-state index is -4.43. The van der Waals surface area contributed by atoms with Gasteiger partial charge in [0.05, 0.1) is 18.9 Å². The Kier molecular flexibility index (Phi) is 8.76. The van der Waals surface area contributed by atoms with Crippen molar-refractivity contribution in [2.24, 2.45) is 0 Å². The van der Waals surface area contributed by atoms with Crippen LogP contribution in [-0.2, 0) is 28.1 Å². The summed E-state index contributed by atoms with van der Waals surface area (Å²) in [6.07, 6.45) is -2.70. The van der Waals surface area contributed by atoms with Gasteiger partial charge in [-0.05, 0) is 31.2 Å². The second kappa shape index (κ2) is 12.3. The average Bonchev–Trinajstić information content (AvgIpc) is 3.53. The number of hydrogen-bond acceptors (Lipinski definition) is 13. The van der Waals surface area contributed by atoms with Crippen molar-refractivity contribution in [3.63, 3.8) is 0 Å². The van der Waals surface area contributed by atoms with E-state index in [1.165, 1.54) is 29.9 Å². The molecule has 5 rings (SSSR count). The van der Waals surface area contributed by atoms with Gasteiger partial charge in [-0.15, -0.1) is 0 Å². The van der Waals surface area contributed by atoms with Crippen LogP contribution in [0.3, 0.4) is 0 Å². The molecule has 0 spiro atoms. The van der Waals surface area contributed by atoms with Gasteiger partial charge in [0.25, 0.3) is 0 Å². The van der Waals surface area contributed by atoms with Crippen molar-refractivity contribution in [1.29, 1.82) is 5.26 Å². The highest BCUT2D eigenvalue weighted by Gasteiger charge is 2.57. The molecule has 0 saturated carbocycles. The Bertz CT molecular complexity index is 1490. The minimum Gasteiger partial charge on any atom is -0.461 e. The molecule has 0 amide bonds. The van der Waals surface area contributed by atoms with Crippen LogP contribution in [0.15, 0.2) is 48.8 Å². The summed E-state index contributed by atoms with van der Waals surface area (Å²) in [6.45, 7) is 1.54. The van der Waals surface area contributed by atoms with Crippen LogP contribution in [0.5, 0.6) is 5.75 Å². The summed E-state index contributed by atoms with van der Waals surface area (Å²) < 4.78 is 43.3. The van der Waals surface area contributed by atoms with Crippen molar-refractivity contribution in [3.8, 4) is 11.8 Å². The van der Waals surface area contributed by atoms with E-state index in [4.69, 9.17) is 29.0 Å². The standard InChI is InChI=1S/C26H31N6O9P/c1-16(25(35)39-17-9-11-37-12-10-17)31-42(36,41-18-5-3-2-4-6-18)38-14-26(13-27)23(34)21(33)22(40-26)19-7-8-20-24(28)29-15-30-32(19)20/h2-8,15-17,21-23,33-34H,9-12,14H2,1H3,(H,31,36)(H2,28,29,30)/t16-,21-,22-,23-,26+,42-/m0/s1. The molecule has 2 aliphatic heterocycles. The molecule has 42 heavy (non-hydrogen) atoms. The smallest absolute Gasteiger partial charge is 0.459 e. The second-order valence-electron chi connectivity index (χ2n) is 9.95. The van der Waals surface area contributed by atoms with Crippen LogP contribution in [0, 0.1) is 11.3 Å². The van der Waals surface area contributed by atoms with Crippen molar-refractivity contribution < 1.29 is 42.8 Å². The van der Waals surface area contributed by atoms with E-state index < -0.39 is 50.3 Å². The van der Waals surface area contributed by atoms with E-state index in [9.17, 15) is 24.8 Å². The molecule has 0 unspecified atom stereocenters. The molecule has 2 saturated heterocycles. The lowest BCUT2D eigenvalue weighted by molar-refractivity contribution is -0.154. The van der Waals surface area contributed by atoms with E-state index in [0.717, 1.165) is 0 Å². The molecule has 5 N–H and O–H groups in total. The van der Waals surface area contributed by atoms with Gasteiger partial charge >= 0.3 is 13.7 Å².